The minimum Gasteiger partial charge on any atom is -0.545 e. The molecule has 0 bridgehead atoms. The molecular formula is C28H20Ca2O12. The fraction of sp³-hybridized carbons (Fsp3) is 0. The van der Waals surface area contributed by atoms with Gasteiger partial charge in [0, 0.05) is 22.3 Å². The largest absolute Gasteiger partial charge is 2.00 e. The number of benzene rings is 4. The summed E-state index contributed by atoms with van der Waals surface area (Å²) in [5.41, 5.74) is -0.713. The smallest absolute Gasteiger partial charge is 0.545 e. The van der Waals surface area contributed by atoms with E-state index < -0.39 is 23.9 Å². The maximum Gasteiger partial charge on any atom is 2.00 e. The van der Waals surface area contributed by atoms with Gasteiger partial charge in [-0.1, -0.05) is 48.5 Å². The van der Waals surface area contributed by atoms with E-state index in [0.29, 0.717) is 0 Å². The van der Waals surface area contributed by atoms with Crippen molar-refractivity contribution in [3.8, 4) is 23.0 Å². The molecule has 0 fully saturated rings. The normalized spacial score (nSPS) is 8.76. The topological polar surface area (TPSA) is 241 Å². The maximum atomic E-state index is 10.2. The fourth-order valence-corrected chi connectivity index (χ4v) is 2.59. The Morgan fingerprint density at radius 1 is 0.357 bits per heavy atom. The van der Waals surface area contributed by atoms with E-state index in [1.807, 2.05) is 0 Å². The SMILES string of the molecule is O=C([O-])c1ccccc1O.O=C([O-])c1ccccc1O.O=C([O-])c1ccccc1O.O=C([O-])c1ccccc1O.[Ca+2].[Ca+2]. The van der Waals surface area contributed by atoms with Gasteiger partial charge in [0.2, 0.25) is 0 Å². The van der Waals surface area contributed by atoms with Gasteiger partial charge in [0.1, 0.15) is 23.0 Å². The van der Waals surface area contributed by atoms with E-state index in [1.165, 1.54) is 72.8 Å². The van der Waals surface area contributed by atoms with Crippen LogP contribution in [0.1, 0.15) is 41.4 Å². The van der Waals surface area contributed by atoms with Crippen LogP contribution < -0.4 is 20.4 Å². The summed E-state index contributed by atoms with van der Waals surface area (Å²) in [5.74, 6) is -6.50. The zero-order valence-electron chi connectivity index (χ0n) is 21.7. The second-order valence-electron chi connectivity index (χ2n) is 7.22. The number of aromatic hydroxyl groups is 4. The number of phenols is 4. The van der Waals surface area contributed by atoms with Crippen molar-refractivity contribution >= 4 is 99.4 Å². The van der Waals surface area contributed by atoms with Crippen LogP contribution in [0.25, 0.3) is 0 Å². The van der Waals surface area contributed by atoms with Gasteiger partial charge in [-0.15, -0.1) is 0 Å². The van der Waals surface area contributed by atoms with Crippen molar-refractivity contribution in [3.63, 3.8) is 0 Å². The van der Waals surface area contributed by atoms with E-state index in [1.54, 1.807) is 24.3 Å². The standard InChI is InChI=1S/4C7H6O3.2Ca/c4*8-6-4-2-1-3-5(6)7(9)10;;/h4*1-4,8H,(H,9,10);;/q;;;;2*+2/p-4. The first-order valence-electron chi connectivity index (χ1n) is 10.8. The molecule has 0 aliphatic carbocycles. The Kier molecular flexibility index (Phi) is 20.5. The Balaban J connectivity index is 0. The molecule has 0 unspecified atom stereocenters. The van der Waals surface area contributed by atoms with Crippen LogP contribution in [-0.4, -0.2) is 120 Å². The van der Waals surface area contributed by atoms with Crippen molar-refractivity contribution in [1.29, 1.82) is 0 Å². The maximum absolute atomic E-state index is 10.2. The Morgan fingerprint density at radius 2 is 0.500 bits per heavy atom. The number of para-hydroxylation sites is 4. The number of carbonyl (C=O) groups excluding carboxylic acids is 4. The molecule has 0 heterocycles. The Labute approximate surface area is 298 Å². The van der Waals surface area contributed by atoms with Gasteiger partial charge in [-0.05, 0) is 48.5 Å². The zero-order valence-corrected chi connectivity index (χ0v) is 26.1. The van der Waals surface area contributed by atoms with Gasteiger partial charge in [-0.3, -0.25) is 0 Å². The molecule has 0 radical (unpaired) electrons. The molecule has 0 spiro atoms. The first-order chi connectivity index (χ1) is 18.9. The quantitative estimate of drug-likeness (QED) is 0.184. The molecule has 4 aromatic carbocycles. The predicted molar refractivity (Wildman–Crippen MR) is 141 cm³/mol. The van der Waals surface area contributed by atoms with Crippen LogP contribution in [0, 0.1) is 0 Å². The third-order valence-corrected chi connectivity index (χ3v) is 4.50. The van der Waals surface area contributed by atoms with Crippen molar-refractivity contribution in [2.24, 2.45) is 0 Å². The summed E-state index contributed by atoms with van der Waals surface area (Å²) >= 11 is 0. The summed E-state index contributed by atoms with van der Waals surface area (Å²) in [6.07, 6.45) is 0. The van der Waals surface area contributed by atoms with Gasteiger partial charge in [0.15, 0.2) is 0 Å². The Bertz CT molecular complexity index is 1250. The van der Waals surface area contributed by atoms with E-state index in [2.05, 4.69) is 0 Å². The second kappa shape index (κ2) is 21.2. The minimum atomic E-state index is -1.36. The van der Waals surface area contributed by atoms with Crippen LogP contribution in [-0.2, 0) is 0 Å². The molecule has 4 aromatic rings. The molecule has 4 N–H and O–H groups in total. The number of carbonyl (C=O) groups is 4. The van der Waals surface area contributed by atoms with Crippen molar-refractivity contribution in [3.05, 3.63) is 119 Å². The van der Waals surface area contributed by atoms with Crippen LogP contribution in [0.2, 0.25) is 0 Å². The monoisotopic (exact) mass is 628 g/mol. The average molecular weight is 629 g/mol. The average Bonchev–Trinajstić information content (AvgIpc) is 2.90. The minimum absolute atomic E-state index is 0. The van der Waals surface area contributed by atoms with E-state index in [-0.39, 0.29) is 121 Å². The molecular weight excluding hydrogens is 608 g/mol. The van der Waals surface area contributed by atoms with Crippen LogP contribution in [0.5, 0.6) is 23.0 Å². The van der Waals surface area contributed by atoms with Gasteiger partial charge in [0.25, 0.3) is 0 Å². The first kappa shape index (κ1) is 40.6. The van der Waals surface area contributed by atoms with Crippen molar-refractivity contribution in [1.82, 2.24) is 0 Å². The zero-order chi connectivity index (χ0) is 30.2. The van der Waals surface area contributed by atoms with Gasteiger partial charge >= 0.3 is 75.5 Å². The molecule has 4 rings (SSSR count). The molecule has 42 heavy (non-hydrogen) atoms. The Morgan fingerprint density at radius 3 is 0.595 bits per heavy atom. The van der Waals surface area contributed by atoms with Gasteiger partial charge in [0.05, 0.1) is 23.9 Å². The summed E-state index contributed by atoms with van der Waals surface area (Å²) < 4.78 is 0. The van der Waals surface area contributed by atoms with E-state index in [0.717, 1.165) is 0 Å². The molecule has 0 atom stereocenters. The van der Waals surface area contributed by atoms with Crippen LogP contribution >= 0.6 is 0 Å². The molecule has 14 heteroatoms. The van der Waals surface area contributed by atoms with Gasteiger partial charge < -0.3 is 60.0 Å². The van der Waals surface area contributed by atoms with Gasteiger partial charge in [-0.25, -0.2) is 0 Å². The van der Waals surface area contributed by atoms with Crippen molar-refractivity contribution < 1.29 is 60.0 Å². The first-order valence-corrected chi connectivity index (χ1v) is 10.8. The molecule has 0 aliphatic rings. The number of hydrogen-bond donors (Lipinski definition) is 4. The van der Waals surface area contributed by atoms with E-state index in [4.69, 9.17) is 20.4 Å². The summed E-state index contributed by atoms with van der Waals surface area (Å²) in [5, 5.41) is 76.0. The van der Waals surface area contributed by atoms with Crippen LogP contribution in [0.3, 0.4) is 0 Å². The van der Waals surface area contributed by atoms with Crippen molar-refractivity contribution in [2.75, 3.05) is 0 Å². The number of carboxylic acids is 4. The molecule has 0 aromatic heterocycles. The predicted octanol–water partition coefficient (Wildman–Crippen LogP) is -1.74. The number of hydrogen-bond acceptors (Lipinski definition) is 12. The van der Waals surface area contributed by atoms with E-state index >= 15 is 0 Å². The van der Waals surface area contributed by atoms with Crippen molar-refractivity contribution in [2.45, 2.75) is 0 Å². The molecule has 0 saturated carbocycles. The molecule has 12 nitrogen and oxygen atoms in total. The van der Waals surface area contributed by atoms with Crippen LogP contribution in [0.4, 0.5) is 0 Å². The van der Waals surface area contributed by atoms with Crippen LogP contribution in [0.15, 0.2) is 97.1 Å². The third-order valence-electron chi connectivity index (χ3n) is 4.50. The molecule has 0 saturated heterocycles. The fourth-order valence-electron chi connectivity index (χ4n) is 2.59. The summed E-state index contributed by atoms with van der Waals surface area (Å²) in [4.78, 5) is 40.6. The molecule has 0 amide bonds. The second-order valence-corrected chi connectivity index (χ2v) is 7.22. The molecule has 208 valence electrons. The van der Waals surface area contributed by atoms with Gasteiger partial charge in [-0.2, -0.15) is 0 Å². The number of rotatable bonds is 4. The summed E-state index contributed by atoms with van der Waals surface area (Å²) in [6, 6.07) is 22.6. The third kappa shape index (κ3) is 14.4. The molecule has 0 aliphatic heterocycles. The summed E-state index contributed by atoms with van der Waals surface area (Å²) in [6.45, 7) is 0. The Hall–Kier alpha value is -3.52. The summed E-state index contributed by atoms with van der Waals surface area (Å²) in [7, 11) is 0. The van der Waals surface area contributed by atoms with E-state index in [9.17, 15) is 39.6 Å². The number of aromatic carboxylic acids is 4. The number of carboxylic acid groups (broad SMARTS) is 4.